The monoisotopic (exact) mass is 293 g/mol. The van der Waals surface area contributed by atoms with Crippen molar-refractivity contribution in [2.24, 2.45) is 0 Å². The Morgan fingerprint density at radius 1 is 1.20 bits per heavy atom. The second-order valence-electron chi connectivity index (χ2n) is 6.23. The van der Waals surface area contributed by atoms with Gasteiger partial charge in [0.05, 0.1) is 10.5 Å². The van der Waals surface area contributed by atoms with Gasteiger partial charge in [0, 0.05) is 11.4 Å². The van der Waals surface area contributed by atoms with Crippen LogP contribution in [0.5, 0.6) is 0 Å². The zero-order valence-electron chi connectivity index (χ0n) is 11.9. The van der Waals surface area contributed by atoms with Crippen molar-refractivity contribution in [3.05, 3.63) is 21.4 Å². The topological polar surface area (TPSA) is 49.3 Å². The van der Waals surface area contributed by atoms with E-state index in [1.54, 1.807) is 11.3 Å². The Kier molecular flexibility index (Phi) is 4.13. The van der Waals surface area contributed by atoms with Crippen LogP contribution in [0.25, 0.3) is 0 Å². The van der Waals surface area contributed by atoms with Crippen LogP contribution < -0.4 is 5.32 Å². The fraction of sp³-hybridized carbons (Fsp3) is 0.688. The van der Waals surface area contributed by atoms with Crippen molar-refractivity contribution in [1.29, 1.82) is 0 Å². The molecule has 20 heavy (non-hydrogen) atoms. The molecule has 0 aliphatic heterocycles. The standard InChI is InChI=1S/C16H23NO2S/c18-15(17-11-16(19)8-5-9-16)14-10-12-6-3-1-2-4-7-13(12)20-14/h10,19H,1-9,11H2,(H,17,18). The van der Waals surface area contributed by atoms with E-state index in [1.165, 1.54) is 36.1 Å². The first-order valence-corrected chi connectivity index (χ1v) is 8.60. The maximum Gasteiger partial charge on any atom is 0.261 e. The van der Waals surface area contributed by atoms with Crippen molar-refractivity contribution < 1.29 is 9.90 Å². The first-order chi connectivity index (χ1) is 9.66. The molecule has 0 spiro atoms. The van der Waals surface area contributed by atoms with Crippen LogP contribution in [0.15, 0.2) is 6.07 Å². The Labute approximate surface area is 124 Å². The van der Waals surface area contributed by atoms with Crippen LogP contribution in [0.3, 0.4) is 0 Å². The summed E-state index contributed by atoms with van der Waals surface area (Å²) in [6.07, 6.45) is 10.0. The van der Waals surface area contributed by atoms with Gasteiger partial charge in [-0.15, -0.1) is 11.3 Å². The first kappa shape index (κ1) is 14.1. The predicted octanol–water partition coefficient (Wildman–Crippen LogP) is 3.05. The lowest BCUT2D eigenvalue weighted by atomic mass is 9.80. The molecule has 0 bridgehead atoms. The van der Waals surface area contributed by atoms with Gasteiger partial charge >= 0.3 is 0 Å². The summed E-state index contributed by atoms with van der Waals surface area (Å²) in [4.78, 5) is 14.4. The molecule has 1 fully saturated rings. The summed E-state index contributed by atoms with van der Waals surface area (Å²) >= 11 is 1.65. The minimum atomic E-state index is -0.637. The maximum absolute atomic E-state index is 12.2. The zero-order chi connectivity index (χ0) is 14.0. The Bertz CT molecular complexity index is 465. The normalized spacial score (nSPS) is 21.2. The number of rotatable bonds is 3. The fourth-order valence-electron chi connectivity index (χ4n) is 3.05. The molecular weight excluding hydrogens is 270 g/mol. The number of nitrogens with one attached hydrogen (secondary N) is 1. The van der Waals surface area contributed by atoms with E-state index in [9.17, 15) is 9.90 Å². The third kappa shape index (κ3) is 3.07. The van der Waals surface area contributed by atoms with E-state index in [0.717, 1.165) is 37.0 Å². The summed E-state index contributed by atoms with van der Waals surface area (Å²) < 4.78 is 0. The number of fused-ring (bicyclic) bond motifs is 1. The summed E-state index contributed by atoms with van der Waals surface area (Å²) in [7, 11) is 0. The average molecular weight is 293 g/mol. The van der Waals surface area contributed by atoms with Gasteiger partial charge in [0.1, 0.15) is 0 Å². The quantitative estimate of drug-likeness (QED) is 0.900. The Hall–Kier alpha value is -0.870. The van der Waals surface area contributed by atoms with Crippen molar-refractivity contribution in [1.82, 2.24) is 5.32 Å². The van der Waals surface area contributed by atoms with Crippen LogP contribution in [0.2, 0.25) is 0 Å². The van der Waals surface area contributed by atoms with E-state index in [4.69, 9.17) is 0 Å². The second-order valence-corrected chi connectivity index (χ2v) is 7.37. The molecule has 4 heteroatoms. The van der Waals surface area contributed by atoms with Gasteiger partial charge in [0.2, 0.25) is 0 Å². The smallest absolute Gasteiger partial charge is 0.261 e. The van der Waals surface area contributed by atoms with Crippen LogP contribution in [-0.2, 0) is 12.8 Å². The lowest BCUT2D eigenvalue weighted by molar-refractivity contribution is -0.0300. The van der Waals surface area contributed by atoms with Crippen LogP contribution in [-0.4, -0.2) is 23.2 Å². The average Bonchev–Trinajstić information content (AvgIpc) is 2.76. The number of carbonyl (C=O) groups excluding carboxylic acids is 1. The molecule has 2 aliphatic carbocycles. The van der Waals surface area contributed by atoms with E-state index in [1.807, 2.05) is 0 Å². The van der Waals surface area contributed by atoms with Gasteiger partial charge in [0.15, 0.2) is 0 Å². The van der Waals surface area contributed by atoms with Crippen LogP contribution in [0, 0.1) is 0 Å². The molecule has 110 valence electrons. The molecule has 0 atom stereocenters. The molecule has 1 amide bonds. The number of thiophene rings is 1. The highest BCUT2D eigenvalue weighted by Crippen LogP contribution is 2.31. The van der Waals surface area contributed by atoms with Crippen molar-refractivity contribution in [2.45, 2.75) is 63.4 Å². The molecule has 0 aromatic carbocycles. The van der Waals surface area contributed by atoms with Gasteiger partial charge in [-0.05, 0) is 56.6 Å². The molecule has 1 heterocycles. The van der Waals surface area contributed by atoms with Crippen LogP contribution in [0.4, 0.5) is 0 Å². The maximum atomic E-state index is 12.2. The van der Waals surface area contributed by atoms with Crippen molar-refractivity contribution >= 4 is 17.2 Å². The van der Waals surface area contributed by atoms with Gasteiger partial charge < -0.3 is 10.4 Å². The molecule has 0 unspecified atom stereocenters. The van der Waals surface area contributed by atoms with E-state index in [-0.39, 0.29) is 5.91 Å². The number of carbonyl (C=O) groups is 1. The van der Waals surface area contributed by atoms with Crippen LogP contribution >= 0.6 is 11.3 Å². The third-order valence-corrected chi connectivity index (χ3v) is 5.82. The number of hydrogen-bond acceptors (Lipinski definition) is 3. The Morgan fingerprint density at radius 2 is 1.95 bits per heavy atom. The van der Waals surface area contributed by atoms with Gasteiger partial charge in [-0.1, -0.05) is 12.8 Å². The third-order valence-electron chi connectivity index (χ3n) is 4.58. The molecule has 2 N–H and O–H groups in total. The molecule has 3 nitrogen and oxygen atoms in total. The first-order valence-electron chi connectivity index (χ1n) is 7.78. The number of hydrogen-bond donors (Lipinski definition) is 2. The molecule has 0 radical (unpaired) electrons. The highest BCUT2D eigenvalue weighted by Gasteiger charge is 2.34. The van der Waals surface area contributed by atoms with Gasteiger partial charge in [-0.3, -0.25) is 4.79 Å². The highest BCUT2D eigenvalue weighted by molar-refractivity contribution is 7.14. The molecular formula is C16H23NO2S. The molecule has 3 rings (SSSR count). The van der Waals surface area contributed by atoms with Gasteiger partial charge in [-0.2, -0.15) is 0 Å². The summed E-state index contributed by atoms with van der Waals surface area (Å²) in [6.45, 7) is 0.397. The van der Waals surface area contributed by atoms with E-state index in [2.05, 4.69) is 11.4 Å². The predicted molar refractivity (Wildman–Crippen MR) is 81.3 cm³/mol. The largest absolute Gasteiger partial charge is 0.388 e. The van der Waals surface area contributed by atoms with Crippen molar-refractivity contribution in [2.75, 3.05) is 6.54 Å². The molecule has 1 aromatic rings. The minimum absolute atomic E-state index is 0.0120. The lowest BCUT2D eigenvalue weighted by Gasteiger charge is -2.36. The van der Waals surface area contributed by atoms with Crippen LogP contribution in [0.1, 0.15) is 65.1 Å². The minimum Gasteiger partial charge on any atom is -0.388 e. The number of amides is 1. The van der Waals surface area contributed by atoms with Crippen molar-refractivity contribution in [3.8, 4) is 0 Å². The SMILES string of the molecule is O=C(NCC1(O)CCC1)c1cc2c(s1)CCCCCC2. The van der Waals surface area contributed by atoms with E-state index < -0.39 is 5.60 Å². The number of aryl methyl sites for hydroxylation is 2. The summed E-state index contributed by atoms with van der Waals surface area (Å²) in [5, 5.41) is 12.9. The second kappa shape index (κ2) is 5.86. The van der Waals surface area contributed by atoms with Gasteiger partial charge in [0.25, 0.3) is 5.91 Å². The van der Waals surface area contributed by atoms with E-state index in [0.29, 0.717) is 6.54 Å². The molecule has 1 saturated carbocycles. The lowest BCUT2D eigenvalue weighted by Crippen LogP contribution is -2.47. The Morgan fingerprint density at radius 3 is 2.65 bits per heavy atom. The zero-order valence-corrected chi connectivity index (χ0v) is 12.7. The van der Waals surface area contributed by atoms with Gasteiger partial charge in [-0.25, -0.2) is 0 Å². The molecule has 0 saturated heterocycles. The summed E-state index contributed by atoms with van der Waals surface area (Å²) in [5.41, 5.74) is 0.740. The highest BCUT2D eigenvalue weighted by atomic mass is 32.1. The van der Waals surface area contributed by atoms with E-state index >= 15 is 0 Å². The molecule has 1 aromatic heterocycles. The molecule has 2 aliphatic rings. The Balaban J connectivity index is 1.64. The summed E-state index contributed by atoms with van der Waals surface area (Å²) in [6, 6.07) is 2.07. The van der Waals surface area contributed by atoms with Crippen molar-refractivity contribution in [3.63, 3.8) is 0 Å². The summed E-state index contributed by atoms with van der Waals surface area (Å²) in [5.74, 6) is -0.0120. The fourth-order valence-corrected chi connectivity index (χ4v) is 4.22. The number of aliphatic hydroxyl groups is 1.